The van der Waals surface area contributed by atoms with E-state index in [1.807, 2.05) is 24.1 Å². The Morgan fingerprint density at radius 2 is 1.82 bits per heavy atom. The van der Waals surface area contributed by atoms with Crippen molar-refractivity contribution in [2.75, 3.05) is 45.2 Å². The highest BCUT2D eigenvalue weighted by Gasteiger charge is 2.20. The molecule has 1 fully saturated rings. The molecule has 1 N–H and O–H groups in total. The molecule has 0 unspecified atom stereocenters. The van der Waals surface area contributed by atoms with Crippen LogP contribution in [0, 0.1) is 0 Å². The van der Waals surface area contributed by atoms with Crippen LogP contribution in [0.5, 0.6) is 5.75 Å². The Balaban J connectivity index is 1.57. The average Bonchev–Trinajstić information content (AvgIpc) is 2.67. The fourth-order valence-electron chi connectivity index (χ4n) is 2.85. The third-order valence-corrected chi connectivity index (χ3v) is 5.55. The third-order valence-electron chi connectivity index (χ3n) is 4.44. The second-order valence-electron chi connectivity index (χ2n) is 6.59. The van der Waals surface area contributed by atoms with E-state index in [-0.39, 0.29) is 18.4 Å². The summed E-state index contributed by atoms with van der Waals surface area (Å²) in [4.78, 5) is 28.9. The first-order valence-electron chi connectivity index (χ1n) is 8.88. The first-order valence-corrected chi connectivity index (χ1v) is 10.5. The van der Waals surface area contributed by atoms with Crippen LogP contribution in [0.2, 0.25) is 0 Å². The lowest BCUT2D eigenvalue weighted by Crippen LogP contribution is -2.47. The topological polar surface area (TPSA) is 61.9 Å². The number of nitrogens with zero attached hydrogens (tertiary/aromatic N) is 2. The summed E-state index contributed by atoms with van der Waals surface area (Å²) in [5, 5.41) is 2.78. The summed E-state index contributed by atoms with van der Waals surface area (Å²) < 4.78 is 7.22. The van der Waals surface area contributed by atoms with Crippen LogP contribution in [0.1, 0.15) is 10.4 Å². The minimum atomic E-state index is -0.293. The number of amides is 2. The van der Waals surface area contributed by atoms with Gasteiger partial charge in [-0.1, -0.05) is 22.0 Å². The molecule has 1 heterocycles. The zero-order chi connectivity index (χ0) is 20.1. The SMILES string of the molecule is CN1CCN(C(=O)c2cccc(NC(=O)COc3ccc(Br)cc3Br)c2)CC1. The normalized spacial score (nSPS) is 14.6. The quantitative estimate of drug-likeness (QED) is 0.667. The second kappa shape index (κ2) is 9.54. The van der Waals surface area contributed by atoms with Crippen molar-refractivity contribution in [1.82, 2.24) is 9.80 Å². The van der Waals surface area contributed by atoms with Crippen molar-refractivity contribution in [2.45, 2.75) is 0 Å². The summed E-state index contributed by atoms with van der Waals surface area (Å²) in [6, 6.07) is 12.5. The number of nitrogens with one attached hydrogen (secondary N) is 1. The predicted octanol–water partition coefficient (Wildman–Crippen LogP) is 3.62. The van der Waals surface area contributed by atoms with Crippen LogP contribution in [0.3, 0.4) is 0 Å². The van der Waals surface area contributed by atoms with E-state index in [0.29, 0.717) is 30.1 Å². The van der Waals surface area contributed by atoms with E-state index in [0.717, 1.165) is 22.0 Å². The standard InChI is InChI=1S/C20H21Br2N3O3/c1-24-7-9-25(10-8-24)20(27)14-3-2-4-16(11-14)23-19(26)13-28-18-6-5-15(21)12-17(18)22/h2-6,11-12H,7-10,13H2,1H3,(H,23,26). The molecule has 148 valence electrons. The van der Waals surface area contributed by atoms with Gasteiger partial charge >= 0.3 is 0 Å². The highest BCUT2D eigenvalue weighted by Crippen LogP contribution is 2.28. The molecule has 0 atom stereocenters. The number of piperazine rings is 1. The Morgan fingerprint density at radius 1 is 1.07 bits per heavy atom. The van der Waals surface area contributed by atoms with Crippen LogP contribution in [-0.4, -0.2) is 61.4 Å². The minimum absolute atomic E-state index is 0.0146. The van der Waals surface area contributed by atoms with Gasteiger partial charge in [0.1, 0.15) is 5.75 Å². The highest BCUT2D eigenvalue weighted by molar-refractivity contribution is 9.11. The maximum absolute atomic E-state index is 12.7. The van der Waals surface area contributed by atoms with Gasteiger partial charge in [0, 0.05) is 41.9 Å². The molecule has 2 amide bonds. The van der Waals surface area contributed by atoms with Crippen molar-refractivity contribution < 1.29 is 14.3 Å². The van der Waals surface area contributed by atoms with E-state index < -0.39 is 0 Å². The van der Waals surface area contributed by atoms with Crippen LogP contribution in [0.4, 0.5) is 5.69 Å². The lowest BCUT2D eigenvalue weighted by molar-refractivity contribution is -0.118. The Morgan fingerprint density at radius 3 is 2.54 bits per heavy atom. The lowest BCUT2D eigenvalue weighted by Gasteiger charge is -2.32. The van der Waals surface area contributed by atoms with Crippen molar-refractivity contribution in [2.24, 2.45) is 0 Å². The van der Waals surface area contributed by atoms with Crippen LogP contribution in [-0.2, 0) is 4.79 Å². The Kier molecular flexibility index (Phi) is 7.09. The molecule has 1 aliphatic rings. The van der Waals surface area contributed by atoms with Gasteiger partial charge in [-0.2, -0.15) is 0 Å². The van der Waals surface area contributed by atoms with Gasteiger partial charge in [0.15, 0.2) is 6.61 Å². The summed E-state index contributed by atoms with van der Waals surface area (Å²) in [5.74, 6) is 0.274. The smallest absolute Gasteiger partial charge is 0.262 e. The fourth-order valence-corrected chi connectivity index (χ4v) is 4.02. The number of carbonyl (C=O) groups is 2. The molecule has 2 aromatic carbocycles. The van der Waals surface area contributed by atoms with Gasteiger partial charge in [-0.05, 0) is 59.4 Å². The Bertz CT molecular complexity index is 868. The number of likely N-dealkylation sites (N-methyl/N-ethyl adjacent to an activating group) is 1. The van der Waals surface area contributed by atoms with Gasteiger partial charge in [-0.25, -0.2) is 0 Å². The molecule has 6 nitrogen and oxygen atoms in total. The molecule has 2 aromatic rings. The van der Waals surface area contributed by atoms with E-state index >= 15 is 0 Å². The summed E-state index contributed by atoms with van der Waals surface area (Å²) in [7, 11) is 2.05. The summed E-state index contributed by atoms with van der Waals surface area (Å²) in [5.41, 5.74) is 1.14. The number of hydrogen-bond donors (Lipinski definition) is 1. The fraction of sp³-hybridized carbons (Fsp3) is 0.300. The molecule has 0 aromatic heterocycles. The molecule has 0 radical (unpaired) electrons. The molecular weight excluding hydrogens is 490 g/mol. The lowest BCUT2D eigenvalue weighted by atomic mass is 10.1. The van der Waals surface area contributed by atoms with Crippen LogP contribution in [0.25, 0.3) is 0 Å². The van der Waals surface area contributed by atoms with Gasteiger partial charge < -0.3 is 19.9 Å². The molecule has 0 saturated carbocycles. The van der Waals surface area contributed by atoms with Gasteiger partial charge in [-0.15, -0.1) is 0 Å². The number of anilines is 1. The van der Waals surface area contributed by atoms with Gasteiger partial charge in [0.25, 0.3) is 11.8 Å². The third kappa shape index (κ3) is 5.56. The Hall–Kier alpha value is -1.90. The number of hydrogen-bond acceptors (Lipinski definition) is 4. The van der Waals surface area contributed by atoms with E-state index in [4.69, 9.17) is 4.74 Å². The average molecular weight is 511 g/mol. The van der Waals surface area contributed by atoms with E-state index in [9.17, 15) is 9.59 Å². The number of rotatable bonds is 5. The van der Waals surface area contributed by atoms with Gasteiger partial charge in [0.2, 0.25) is 0 Å². The zero-order valence-electron chi connectivity index (χ0n) is 15.5. The molecular formula is C20H21Br2N3O3. The largest absolute Gasteiger partial charge is 0.483 e. The molecule has 3 rings (SSSR count). The highest BCUT2D eigenvalue weighted by atomic mass is 79.9. The van der Waals surface area contributed by atoms with Crippen LogP contribution in [0.15, 0.2) is 51.4 Å². The molecule has 1 aliphatic heterocycles. The van der Waals surface area contributed by atoms with Crippen molar-refractivity contribution in [3.05, 3.63) is 57.0 Å². The summed E-state index contributed by atoms with van der Waals surface area (Å²) in [6.45, 7) is 3.02. The number of benzene rings is 2. The van der Waals surface area contributed by atoms with Crippen LogP contribution >= 0.6 is 31.9 Å². The number of ether oxygens (including phenoxy) is 1. The maximum atomic E-state index is 12.7. The van der Waals surface area contributed by atoms with E-state index in [1.54, 1.807) is 30.3 Å². The predicted molar refractivity (Wildman–Crippen MR) is 116 cm³/mol. The second-order valence-corrected chi connectivity index (χ2v) is 8.36. The van der Waals surface area contributed by atoms with Gasteiger partial charge in [0.05, 0.1) is 4.47 Å². The molecule has 0 spiro atoms. The van der Waals surface area contributed by atoms with E-state index in [1.165, 1.54) is 0 Å². The summed E-state index contributed by atoms with van der Waals surface area (Å²) in [6.07, 6.45) is 0. The molecule has 0 bridgehead atoms. The molecule has 28 heavy (non-hydrogen) atoms. The Labute approximate surface area is 181 Å². The van der Waals surface area contributed by atoms with E-state index in [2.05, 4.69) is 42.1 Å². The summed E-state index contributed by atoms with van der Waals surface area (Å²) >= 11 is 6.77. The van der Waals surface area contributed by atoms with Crippen LogP contribution < -0.4 is 10.1 Å². The first-order chi connectivity index (χ1) is 13.4. The number of halogens is 2. The minimum Gasteiger partial charge on any atom is -0.483 e. The molecule has 0 aliphatic carbocycles. The number of carbonyl (C=O) groups excluding carboxylic acids is 2. The van der Waals surface area contributed by atoms with Gasteiger partial charge in [-0.3, -0.25) is 9.59 Å². The maximum Gasteiger partial charge on any atom is 0.262 e. The van der Waals surface area contributed by atoms with Crippen molar-refractivity contribution in [1.29, 1.82) is 0 Å². The van der Waals surface area contributed by atoms with Crippen molar-refractivity contribution in [3.8, 4) is 5.75 Å². The zero-order valence-corrected chi connectivity index (χ0v) is 18.6. The van der Waals surface area contributed by atoms with Crippen molar-refractivity contribution >= 4 is 49.4 Å². The molecule has 8 heteroatoms. The monoisotopic (exact) mass is 509 g/mol. The van der Waals surface area contributed by atoms with Crippen molar-refractivity contribution in [3.63, 3.8) is 0 Å². The molecule has 1 saturated heterocycles. The first kappa shape index (κ1) is 20.8.